The van der Waals surface area contributed by atoms with Crippen LogP contribution in [0.2, 0.25) is 10.0 Å². The van der Waals surface area contributed by atoms with Crippen LogP contribution in [0.5, 0.6) is 17.2 Å². The summed E-state index contributed by atoms with van der Waals surface area (Å²) in [6, 6.07) is 8.16. The first-order chi connectivity index (χ1) is 11.9. The molecule has 7 heteroatoms. The van der Waals surface area contributed by atoms with Gasteiger partial charge in [-0.3, -0.25) is 4.79 Å². The second-order valence-electron chi connectivity index (χ2n) is 5.74. The maximum atomic E-state index is 12.7. The van der Waals surface area contributed by atoms with Crippen LogP contribution >= 0.6 is 23.2 Å². The molecule has 0 bridgehead atoms. The SMILES string of the molecule is CC(C)Oc1ccc(Cl)cc1C(=O)Nc1cc2c(cc1Cl)OCCO2. The Morgan fingerprint density at radius 3 is 2.48 bits per heavy atom. The first-order valence-corrected chi connectivity index (χ1v) is 8.56. The van der Waals surface area contributed by atoms with Crippen LogP contribution in [0, 0.1) is 0 Å². The summed E-state index contributed by atoms with van der Waals surface area (Å²) in [5.41, 5.74) is 0.749. The Balaban J connectivity index is 1.89. The minimum atomic E-state index is -0.378. The van der Waals surface area contributed by atoms with Gasteiger partial charge in [-0.1, -0.05) is 23.2 Å². The molecule has 1 aliphatic heterocycles. The zero-order valence-corrected chi connectivity index (χ0v) is 15.3. The molecule has 2 aromatic carbocycles. The number of anilines is 1. The van der Waals surface area contributed by atoms with Crippen molar-refractivity contribution in [3.8, 4) is 17.2 Å². The van der Waals surface area contributed by atoms with Crippen molar-refractivity contribution < 1.29 is 19.0 Å². The van der Waals surface area contributed by atoms with Crippen molar-refractivity contribution >= 4 is 34.8 Å². The van der Waals surface area contributed by atoms with Crippen LogP contribution < -0.4 is 19.5 Å². The molecule has 0 radical (unpaired) electrons. The third-order valence-corrected chi connectivity index (χ3v) is 3.98. The minimum Gasteiger partial charge on any atom is -0.490 e. The van der Waals surface area contributed by atoms with Crippen LogP contribution in [0.25, 0.3) is 0 Å². The fourth-order valence-corrected chi connectivity index (χ4v) is 2.76. The number of fused-ring (bicyclic) bond motifs is 1. The lowest BCUT2D eigenvalue weighted by Crippen LogP contribution is -2.18. The highest BCUT2D eigenvalue weighted by Crippen LogP contribution is 2.38. The van der Waals surface area contributed by atoms with E-state index in [9.17, 15) is 4.79 Å². The largest absolute Gasteiger partial charge is 0.490 e. The molecule has 0 saturated carbocycles. The number of hydrogen-bond acceptors (Lipinski definition) is 4. The predicted octanol–water partition coefficient (Wildman–Crippen LogP) is 4.80. The van der Waals surface area contributed by atoms with Crippen LogP contribution in [-0.2, 0) is 0 Å². The highest BCUT2D eigenvalue weighted by Gasteiger charge is 2.19. The molecule has 0 atom stereocenters. The van der Waals surface area contributed by atoms with E-state index in [4.69, 9.17) is 37.4 Å². The number of halogens is 2. The standard InChI is InChI=1S/C18H17Cl2NO4/c1-10(2)25-15-4-3-11(19)7-12(15)18(22)21-14-9-17-16(8-13(14)20)23-5-6-24-17/h3-4,7-10H,5-6H2,1-2H3,(H,21,22). The highest BCUT2D eigenvalue weighted by molar-refractivity contribution is 6.34. The van der Waals surface area contributed by atoms with Crippen molar-refractivity contribution in [3.05, 3.63) is 45.9 Å². The average molecular weight is 382 g/mol. The monoisotopic (exact) mass is 381 g/mol. The summed E-state index contributed by atoms with van der Waals surface area (Å²) in [7, 11) is 0. The van der Waals surface area contributed by atoms with Gasteiger partial charge in [-0.05, 0) is 32.0 Å². The smallest absolute Gasteiger partial charge is 0.259 e. The summed E-state index contributed by atoms with van der Waals surface area (Å²) in [6.45, 7) is 4.68. The summed E-state index contributed by atoms with van der Waals surface area (Å²) < 4.78 is 16.7. The van der Waals surface area contributed by atoms with Gasteiger partial charge in [0.05, 0.1) is 22.4 Å². The van der Waals surface area contributed by atoms with Gasteiger partial charge in [-0.15, -0.1) is 0 Å². The molecule has 132 valence electrons. The number of hydrogen-bond donors (Lipinski definition) is 1. The Hall–Kier alpha value is -2.11. The van der Waals surface area contributed by atoms with Crippen molar-refractivity contribution in [1.29, 1.82) is 0 Å². The molecule has 1 N–H and O–H groups in total. The van der Waals surface area contributed by atoms with Crippen molar-refractivity contribution in [1.82, 2.24) is 0 Å². The van der Waals surface area contributed by atoms with Gasteiger partial charge in [0, 0.05) is 17.2 Å². The molecule has 0 spiro atoms. The first kappa shape index (κ1) is 17.7. The summed E-state index contributed by atoms with van der Waals surface area (Å²) >= 11 is 12.3. The molecule has 1 heterocycles. The van der Waals surface area contributed by atoms with E-state index in [1.165, 1.54) is 0 Å². The minimum absolute atomic E-state index is 0.0781. The van der Waals surface area contributed by atoms with E-state index in [0.29, 0.717) is 51.8 Å². The summed E-state index contributed by atoms with van der Waals surface area (Å²) in [5.74, 6) is 1.17. The second-order valence-corrected chi connectivity index (χ2v) is 6.58. The Kier molecular flexibility index (Phi) is 5.25. The summed E-state index contributed by atoms with van der Waals surface area (Å²) in [4.78, 5) is 12.7. The number of carbonyl (C=O) groups is 1. The fraction of sp³-hybridized carbons (Fsp3) is 0.278. The van der Waals surface area contributed by atoms with Gasteiger partial charge in [0.2, 0.25) is 0 Å². The maximum absolute atomic E-state index is 12.7. The Labute approximate surface area is 155 Å². The van der Waals surface area contributed by atoms with Gasteiger partial charge in [0.1, 0.15) is 19.0 Å². The molecule has 2 aromatic rings. The molecule has 3 rings (SSSR count). The fourth-order valence-electron chi connectivity index (χ4n) is 2.39. The van der Waals surface area contributed by atoms with E-state index in [-0.39, 0.29) is 12.0 Å². The molecular weight excluding hydrogens is 365 g/mol. The summed E-state index contributed by atoms with van der Waals surface area (Å²) in [5, 5.41) is 3.56. The molecule has 0 fully saturated rings. The Bertz CT molecular complexity index is 808. The molecule has 0 aliphatic carbocycles. The Morgan fingerprint density at radius 2 is 1.80 bits per heavy atom. The molecule has 5 nitrogen and oxygen atoms in total. The molecule has 1 aliphatic rings. The quantitative estimate of drug-likeness (QED) is 0.825. The lowest BCUT2D eigenvalue weighted by Gasteiger charge is -2.20. The van der Waals surface area contributed by atoms with Crippen LogP contribution in [0.4, 0.5) is 5.69 Å². The van der Waals surface area contributed by atoms with Gasteiger partial charge in [-0.25, -0.2) is 0 Å². The van der Waals surface area contributed by atoms with Gasteiger partial charge in [0.25, 0.3) is 5.91 Å². The molecule has 0 saturated heterocycles. The van der Waals surface area contributed by atoms with E-state index in [0.717, 1.165) is 0 Å². The normalized spacial score (nSPS) is 12.8. The van der Waals surface area contributed by atoms with E-state index in [1.54, 1.807) is 30.3 Å². The predicted molar refractivity (Wildman–Crippen MR) is 97.6 cm³/mol. The van der Waals surface area contributed by atoms with Crippen LogP contribution in [0.15, 0.2) is 30.3 Å². The third-order valence-electron chi connectivity index (χ3n) is 3.43. The van der Waals surface area contributed by atoms with E-state index >= 15 is 0 Å². The lowest BCUT2D eigenvalue weighted by atomic mass is 10.1. The van der Waals surface area contributed by atoms with Gasteiger partial charge in [-0.2, -0.15) is 0 Å². The van der Waals surface area contributed by atoms with Crippen molar-refractivity contribution in [2.24, 2.45) is 0 Å². The highest BCUT2D eigenvalue weighted by atomic mass is 35.5. The lowest BCUT2D eigenvalue weighted by molar-refractivity contribution is 0.102. The Morgan fingerprint density at radius 1 is 1.12 bits per heavy atom. The van der Waals surface area contributed by atoms with Crippen LogP contribution in [0.1, 0.15) is 24.2 Å². The number of carbonyl (C=O) groups excluding carboxylic acids is 1. The summed E-state index contributed by atoms with van der Waals surface area (Å²) in [6.07, 6.45) is -0.0781. The zero-order valence-electron chi connectivity index (χ0n) is 13.8. The van der Waals surface area contributed by atoms with Gasteiger partial charge in [0.15, 0.2) is 11.5 Å². The van der Waals surface area contributed by atoms with Crippen LogP contribution in [0.3, 0.4) is 0 Å². The van der Waals surface area contributed by atoms with Gasteiger partial charge < -0.3 is 19.5 Å². The van der Waals surface area contributed by atoms with E-state index in [2.05, 4.69) is 5.32 Å². The van der Waals surface area contributed by atoms with Crippen molar-refractivity contribution in [3.63, 3.8) is 0 Å². The first-order valence-electron chi connectivity index (χ1n) is 7.80. The van der Waals surface area contributed by atoms with Crippen molar-refractivity contribution in [2.45, 2.75) is 20.0 Å². The number of nitrogens with one attached hydrogen (secondary N) is 1. The van der Waals surface area contributed by atoms with E-state index in [1.807, 2.05) is 13.8 Å². The topological polar surface area (TPSA) is 56.8 Å². The van der Waals surface area contributed by atoms with E-state index < -0.39 is 0 Å². The zero-order chi connectivity index (χ0) is 18.0. The van der Waals surface area contributed by atoms with Crippen LogP contribution in [-0.4, -0.2) is 25.2 Å². The second kappa shape index (κ2) is 7.42. The number of ether oxygens (including phenoxy) is 3. The number of amides is 1. The van der Waals surface area contributed by atoms with Crippen molar-refractivity contribution in [2.75, 3.05) is 18.5 Å². The third kappa shape index (κ3) is 4.11. The molecule has 25 heavy (non-hydrogen) atoms. The average Bonchev–Trinajstić information content (AvgIpc) is 2.56. The maximum Gasteiger partial charge on any atom is 0.259 e. The molecule has 0 unspecified atom stereocenters. The number of benzene rings is 2. The molecular formula is C18H17Cl2NO4. The molecule has 0 aromatic heterocycles. The molecule has 1 amide bonds. The number of rotatable bonds is 4. The van der Waals surface area contributed by atoms with Gasteiger partial charge >= 0.3 is 0 Å².